The number of hydrogen-bond donors (Lipinski definition) is 5. The van der Waals surface area contributed by atoms with Crippen molar-refractivity contribution in [1.29, 1.82) is 0 Å². The van der Waals surface area contributed by atoms with Crippen molar-refractivity contribution in [3.63, 3.8) is 0 Å². The molecule has 0 saturated heterocycles. The SMILES string of the molecule is NC(=O)NCCNC(=O)NCC1CCCC1C(=O)O. The van der Waals surface area contributed by atoms with Crippen molar-refractivity contribution in [2.24, 2.45) is 17.6 Å². The topological polar surface area (TPSA) is 134 Å². The molecule has 8 nitrogen and oxygen atoms in total. The van der Waals surface area contributed by atoms with Crippen LogP contribution in [0.15, 0.2) is 0 Å². The quantitative estimate of drug-likeness (QED) is 0.415. The van der Waals surface area contributed by atoms with Crippen LogP contribution in [0.4, 0.5) is 9.59 Å². The second-order valence-electron chi connectivity index (χ2n) is 4.56. The first-order valence-electron chi connectivity index (χ1n) is 6.28. The van der Waals surface area contributed by atoms with Gasteiger partial charge in [0.2, 0.25) is 0 Å². The first kappa shape index (κ1) is 15.1. The Morgan fingerprint density at radius 2 is 1.79 bits per heavy atom. The molecule has 2 atom stereocenters. The van der Waals surface area contributed by atoms with Crippen molar-refractivity contribution in [1.82, 2.24) is 16.0 Å². The first-order valence-corrected chi connectivity index (χ1v) is 6.28. The Labute approximate surface area is 111 Å². The van der Waals surface area contributed by atoms with E-state index in [9.17, 15) is 14.4 Å². The van der Waals surface area contributed by atoms with E-state index in [1.54, 1.807) is 0 Å². The minimum Gasteiger partial charge on any atom is -0.481 e. The molecule has 4 amide bonds. The van der Waals surface area contributed by atoms with Crippen LogP contribution in [0.2, 0.25) is 0 Å². The molecule has 1 saturated carbocycles. The van der Waals surface area contributed by atoms with Gasteiger partial charge in [-0.15, -0.1) is 0 Å². The summed E-state index contributed by atoms with van der Waals surface area (Å²) in [5, 5.41) is 16.5. The number of carboxylic acids is 1. The fourth-order valence-electron chi connectivity index (χ4n) is 2.25. The summed E-state index contributed by atoms with van der Waals surface area (Å²) in [6.07, 6.45) is 2.37. The summed E-state index contributed by atoms with van der Waals surface area (Å²) in [6.45, 7) is 0.873. The maximum Gasteiger partial charge on any atom is 0.314 e. The maximum atomic E-state index is 11.4. The van der Waals surface area contributed by atoms with Crippen molar-refractivity contribution in [2.75, 3.05) is 19.6 Å². The Bertz CT molecular complexity index is 348. The zero-order valence-corrected chi connectivity index (χ0v) is 10.6. The highest BCUT2D eigenvalue weighted by atomic mass is 16.4. The summed E-state index contributed by atoms with van der Waals surface area (Å²) in [5.74, 6) is -1.17. The lowest BCUT2D eigenvalue weighted by molar-refractivity contribution is -0.142. The van der Waals surface area contributed by atoms with Gasteiger partial charge >= 0.3 is 18.0 Å². The van der Waals surface area contributed by atoms with E-state index in [1.165, 1.54) is 0 Å². The summed E-state index contributed by atoms with van der Waals surface area (Å²) in [6, 6.07) is -1.01. The molecule has 0 heterocycles. The fourth-order valence-corrected chi connectivity index (χ4v) is 2.25. The molecule has 8 heteroatoms. The summed E-state index contributed by atoms with van der Waals surface area (Å²) in [4.78, 5) is 32.7. The normalized spacial score (nSPS) is 21.7. The van der Waals surface area contributed by atoms with E-state index in [2.05, 4.69) is 16.0 Å². The van der Waals surface area contributed by atoms with Gasteiger partial charge in [-0.2, -0.15) is 0 Å². The third-order valence-electron chi connectivity index (χ3n) is 3.21. The van der Waals surface area contributed by atoms with Gasteiger partial charge in [0.05, 0.1) is 5.92 Å². The first-order chi connectivity index (χ1) is 9.00. The Balaban J connectivity index is 2.16. The molecular weight excluding hydrogens is 252 g/mol. The Hall–Kier alpha value is -1.99. The van der Waals surface area contributed by atoms with Gasteiger partial charge in [-0.05, 0) is 18.8 Å². The second kappa shape index (κ2) is 7.45. The molecule has 0 spiro atoms. The van der Waals surface area contributed by atoms with Crippen LogP contribution in [0, 0.1) is 11.8 Å². The molecule has 0 aromatic carbocycles. The van der Waals surface area contributed by atoms with Gasteiger partial charge in [-0.25, -0.2) is 9.59 Å². The minimum atomic E-state index is -0.796. The molecule has 19 heavy (non-hydrogen) atoms. The zero-order chi connectivity index (χ0) is 14.3. The molecular formula is C11H20N4O4. The van der Waals surface area contributed by atoms with Gasteiger partial charge in [-0.1, -0.05) is 6.42 Å². The van der Waals surface area contributed by atoms with Crippen LogP contribution < -0.4 is 21.7 Å². The molecule has 0 aromatic heterocycles. The molecule has 0 aliphatic heterocycles. The summed E-state index contributed by atoms with van der Waals surface area (Å²) < 4.78 is 0. The lowest BCUT2D eigenvalue weighted by atomic mass is 9.96. The monoisotopic (exact) mass is 272 g/mol. The van der Waals surface area contributed by atoms with E-state index in [4.69, 9.17) is 10.8 Å². The number of nitrogens with two attached hydrogens (primary N) is 1. The molecule has 2 unspecified atom stereocenters. The highest BCUT2D eigenvalue weighted by Crippen LogP contribution is 2.31. The number of urea groups is 2. The molecule has 1 rings (SSSR count). The van der Waals surface area contributed by atoms with E-state index >= 15 is 0 Å². The van der Waals surface area contributed by atoms with Gasteiger partial charge < -0.3 is 26.8 Å². The maximum absolute atomic E-state index is 11.4. The van der Waals surface area contributed by atoms with E-state index in [0.29, 0.717) is 13.0 Å². The number of carbonyl (C=O) groups is 3. The Morgan fingerprint density at radius 3 is 2.42 bits per heavy atom. The van der Waals surface area contributed by atoms with E-state index < -0.39 is 12.0 Å². The average molecular weight is 272 g/mol. The standard InChI is InChI=1S/C11H20N4O4/c12-10(18)13-4-5-14-11(19)15-6-7-2-1-3-8(7)9(16)17/h7-8H,1-6H2,(H,16,17)(H3,12,13,18)(H2,14,15,19). The summed E-state index contributed by atoms with van der Waals surface area (Å²) in [5.41, 5.74) is 4.86. The predicted octanol–water partition coefficient (Wildman–Crippen LogP) is -0.545. The molecule has 0 radical (unpaired) electrons. The number of amides is 4. The second-order valence-corrected chi connectivity index (χ2v) is 4.56. The highest BCUT2D eigenvalue weighted by Gasteiger charge is 2.32. The van der Waals surface area contributed by atoms with Crippen LogP contribution in [-0.2, 0) is 4.79 Å². The minimum absolute atomic E-state index is 0.00741. The smallest absolute Gasteiger partial charge is 0.314 e. The van der Waals surface area contributed by atoms with Gasteiger partial charge in [0.15, 0.2) is 0 Å². The third kappa shape index (κ3) is 5.45. The molecule has 6 N–H and O–H groups in total. The van der Waals surface area contributed by atoms with Crippen molar-refractivity contribution >= 4 is 18.0 Å². The zero-order valence-electron chi connectivity index (χ0n) is 10.6. The molecule has 1 aliphatic rings. The van der Waals surface area contributed by atoms with Gasteiger partial charge in [-0.3, -0.25) is 4.79 Å². The van der Waals surface area contributed by atoms with Crippen molar-refractivity contribution in [3.8, 4) is 0 Å². The van der Waals surface area contributed by atoms with Crippen LogP contribution in [0.25, 0.3) is 0 Å². The summed E-state index contributed by atoms with van der Waals surface area (Å²) >= 11 is 0. The largest absolute Gasteiger partial charge is 0.481 e. The Kier molecular flexibility index (Phi) is 5.91. The van der Waals surface area contributed by atoms with Crippen LogP contribution in [0.3, 0.4) is 0 Å². The molecule has 108 valence electrons. The van der Waals surface area contributed by atoms with Crippen molar-refractivity contribution in [2.45, 2.75) is 19.3 Å². The van der Waals surface area contributed by atoms with E-state index in [-0.39, 0.29) is 31.0 Å². The van der Waals surface area contributed by atoms with E-state index in [1.807, 2.05) is 0 Å². The van der Waals surface area contributed by atoms with Crippen LogP contribution in [-0.4, -0.2) is 42.8 Å². The van der Waals surface area contributed by atoms with Crippen LogP contribution in [0.5, 0.6) is 0 Å². The third-order valence-corrected chi connectivity index (χ3v) is 3.21. The number of carbonyl (C=O) groups excluding carboxylic acids is 2. The van der Waals surface area contributed by atoms with Crippen LogP contribution in [0.1, 0.15) is 19.3 Å². The van der Waals surface area contributed by atoms with Gasteiger partial charge in [0.1, 0.15) is 0 Å². The van der Waals surface area contributed by atoms with Crippen molar-refractivity contribution in [3.05, 3.63) is 0 Å². The van der Waals surface area contributed by atoms with Crippen molar-refractivity contribution < 1.29 is 19.5 Å². The number of aliphatic carboxylic acids is 1. The lowest BCUT2D eigenvalue weighted by Gasteiger charge is -2.16. The lowest BCUT2D eigenvalue weighted by Crippen LogP contribution is -2.43. The number of rotatable bonds is 6. The molecule has 0 bridgehead atoms. The molecule has 1 fully saturated rings. The number of hydrogen-bond acceptors (Lipinski definition) is 3. The number of nitrogens with one attached hydrogen (secondary N) is 3. The van der Waals surface area contributed by atoms with Gasteiger partial charge in [0.25, 0.3) is 0 Å². The molecule has 1 aliphatic carbocycles. The fraction of sp³-hybridized carbons (Fsp3) is 0.727. The Morgan fingerprint density at radius 1 is 1.11 bits per heavy atom. The van der Waals surface area contributed by atoms with Crippen LogP contribution >= 0.6 is 0 Å². The number of carboxylic acid groups (broad SMARTS) is 1. The predicted molar refractivity (Wildman–Crippen MR) is 67.5 cm³/mol. The molecule has 0 aromatic rings. The highest BCUT2D eigenvalue weighted by molar-refractivity contribution is 5.74. The average Bonchev–Trinajstić information content (AvgIpc) is 2.80. The number of primary amides is 1. The van der Waals surface area contributed by atoms with Gasteiger partial charge in [0, 0.05) is 19.6 Å². The summed E-state index contributed by atoms with van der Waals surface area (Å²) in [7, 11) is 0. The van der Waals surface area contributed by atoms with E-state index in [0.717, 1.165) is 12.8 Å².